The first-order valence-corrected chi connectivity index (χ1v) is 8.17. The maximum absolute atomic E-state index is 13.6. The highest BCUT2D eigenvalue weighted by atomic mass is 32.2. The van der Waals surface area contributed by atoms with Gasteiger partial charge in [0.1, 0.15) is 16.8 Å². The van der Waals surface area contributed by atoms with Crippen molar-refractivity contribution in [1.82, 2.24) is 4.31 Å². The van der Waals surface area contributed by atoms with Crippen LogP contribution in [-0.4, -0.2) is 42.7 Å². The molecule has 2 N–H and O–H groups in total. The predicted molar refractivity (Wildman–Crippen MR) is 70.6 cm³/mol. The van der Waals surface area contributed by atoms with Crippen LogP contribution in [0, 0.1) is 5.82 Å². The summed E-state index contributed by atoms with van der Waals surface area (Å²) >= 11 is 1.45. The van der Waals surface area contributed by atoms with Crippen LogP contribution in [0.3, 0.4) is 0 Å². The zero-order chi connectivity index (χ0) is 14.0. The number of carbonyl (C=O) groups is 1. The average molecular weight is 304 g/mol. The summed E-state index contributed by atoms with van der Waals surface area (Å²) < 4.78 is 39.4. The minimum Gasteiger partial charge on any atom is -0.368 e. The van der Waals surface area contributed by atoms with Crippen molar-refractivity contribution < 1.29 is 17.6 Å². The number of benzene rings is 1. The van der Waals surface area contributed by atoms with E-state index < -0.39 is 32.7 Å². The number of thioether (sulfide) groups is 1. The Labute approximate surface area is 115 Å². The van der Waals surface area contributed by atoms with E-state index in [1.807, 2.05) is 0 Å². The molecule has 1 saturated heterocycles. The Bertz CT molecular complexity index is 591. The summed E-state index contributed by atoms with van der Waals surface area (Å²) in [5.41, 5.74) is 5.22. The van der Waals surface area contributed by atoms with E-state index in [0.29, 0.717) is 11.5 Å². The largest absolute Gasteiger partial charge is 0.368 e. The maximum atomic E-state index is 13.6. The molecule has 19 heavy (non-hydrogen) atoms. The van der Waals surface area contributed by atoms with Gasteiger partial charge >= 0.3 is 0 Å². The van der Waals surface area contributed by atoms with Crippen LogP contribution >= 0.6 is 11.8 Å². The van der Waals surface area contributed by atoms with E-state index in [2.05, 4.69) is 0 Å². The van der Waals surface area contributed by atoms with Crippen LogP contribution in [0.5, 0.6) is 0 Å². The van der Waals surface area contributed by atoms with Crippen molar-refractivity contribution in [2.24, 2.45) is 5.73 Å². The first kappa shape index (κ1) is 14.3. The van der Waals surface area contributed by atoms with Gasteiger partial charge in [0.2, 0.25) is 15.9 Å². The Morgan fingerprint density at radius 2 is 2.11 bits per heavy atom. The van der Waals surface area contributed by atoms with Crippen molar-refractivity contribution in [2.75, 3.05) is 18.1 Å². The molecule has 1 fully saturated rings. The highest BCUT2D eigenvalue weighted by Crippen LogP contribution is 2.25. The molecule has 1 aliphatic rings. The molecule has 8 heteroatoms. The summed E-state index contributed by atoms with van der Waals surface area (Å²) in [6, 6.07) is 4.18. The fourth-order valence-electron chi connectivity index (χ4n) is 1.88. The molecule has 0 bridgehead atoms. The Kier molecular flexibility index (Phi) is 4.12. The minimum absolute atomic E-state index is 0.148. The maximum Gasteiger partial charge on any atom is 0.246 e. The second kappa shape index (κ2) is 5.48. The van der Waals surface area contributed by atoms with Gasteiger partial charge in [-0.05, 0) is 12.1 Å². The van der Waals surface area contributed by atoms with Gasteiger partial charge in [-0.25, -0.2) is 12.8 Å². The standard InChI is InChI=1S/C11H13FN2O3S2/c12-8-3-1-2-4-10(8)19(16,17)14-5-6-18-7-9(14)11(13)15/h1-4,9H,5-7H2,(H2,13,15)/t9-/m1/s1. The van der Waals surface area contributed by atoms with Crippen LogP contribution in [-0.2, 0) is 14.8 Å². The number of primary amides is 1. The van der Waals surface area contributed by atoms with Crippen molar-refractivity contribution in [3.8, 4) is 0 Å². The van der Waals surface area contributed by atoms with Gasteiger partial charge in [-0.1, -0.05) is 12.1 Å². The Hall–Kier alpha value is -1.12. The molecular weight excluding hydrogens is 291 g/mol. The van der Waals surface area contributed by atoms with Gasteiger partial charge in [0.25, 0.3) is 0 Å². The highest BCUT2D eigenvalue weighted by molar-refractivity contribution is 7.99. The summed E-state index contributed by atoms with van der Waals surface area (Å²) in [5, 5.41) is 0. The van der Waals surface area contributed by atoms with Crippen molar-refractivity contribution in [1.29, 1.82) is 0 Å². The fraction of sp³-hybridized carbons (Fsp3) is 0.364. The molecule has 0 aliphatic carbocycles. The van der Waals surface area contributed by atoms with Crippen LogP contribution < -0.4 is 5.73 Å². The normalized spacial score (nSPS) is 21.2. The van der Waals surface area contributed by atoms with E-state index in [9.17, 15) is 17.6 Å². The second-order valence-corrected chi connectivity index (χ2v) is 7.05. The number of amides is 1. The molecule has 0 spiro atoms. The first-order chi connectivity index (χ1) is 8.94. The average Bonchev–Trinajstić information content (AvgIpc) is 2.39. The molecule has 0 saturated carbocycles. The lowest BCUT2D eigenvalue weighted by molar-refractivity contribution is -0.121. The van der Waals surface area contributed by atoms with E-state index in [1.165, 1.54) is 30.0 Å². The van der Waals surface area contributed by atoms with E-state index in [4.69, 9.17) is 5.73 Å². The van der Waals surface area contributed by atoms with Crippen molar-refractivity contribution in [2.45, 2.75) is 10.9 Å². The molecule has 2 rings (SSSR count). The lowest BCUT2D eigenvalue weighted by Gasteiger charge is -2.32. The summed E-state index contributed by atoms with van der Waals surface area (Å²) in [7, 11) is -4.04. The third-order valence-corrected chi connectivity index (χ3v) is 5.80. The number of hydrogen-bond acceptors (Lipinski definition) is 4. The third kappa shape index (κ3) is 2.75. The Morgan fingerprint density at radius 3 is 2.74 bits per heavy atom. The molecule has 1 atom stereocenters. The fourth-order valence-corrected chi connectivity index (χ4v) is 4.81. The van der Waals surface area contributed by atoms with Crippen molar-refractivity contribution >= 4 is 27.7 Å². The van der Waals surface area contributed by atoms with Gasteiger partial charge in [-0.3, -0.25) is 4.79 Å². The number of carbonyl (C=O) groups excluding carboxylic acids is 1. The molecular formula is C11H13FN2O3S2. The molecule has 1 amide bonds. The van der Waals surface area contributed by atoms with Gasteiger partial charge in [0, 0.05) is 18.1 Å². The van der Waals surface area contributed by atoms with E-state index >= 15 is 0 Å². The third-order valence-electron chi connectivity index (χ3n) is 2.83. The van der Waals surface area contributed by atoms with Gasteiger partial charge in [0.15, 0.2) is 0 Å². The monoisotopic (exact) mass is 304 g/mol. The predicted octanol–water partition coefficient (Wildman–Crippen LogP) is 0.417. The first-order valence-electron chi connectivity index (χ1n) is 5.58. The Balaban J connectivity index is 2.43. The molecule has 1 aliphatic heterocycles. The van der Waals surface area contributed by atoms with Crippen LogP contribution in [0.1, 0.15) is 0 Å². The van der Waals surface area contributed by atoms with E-state index in [0.717, 1.165) is 10.4 Å². The summed E-state index contributed by atoms with van der Waals surface area (Å²) in [6.07, 6.45) is 0. The number of hydrogen-bond donors (Lipinski definition) is 1. The van der Waals surface area contributed by atoms with Crippen LogP contribution in [0.4, 0.5) is 4.39 Å². The van der Waals surface area contributed by atoms with E-state index in [1.54, 1.807) is 0 Å². The van der Waals surface area contributed by atoms with Gasteiger partial charge in [-0.15, -0.1) is 0 Å². The quantitative estimate of drug-likeness (QED) is 0.877. The molecule has 0 aromatic heterocycles. The van der Waals surface area contributed by atoms with Crippen molar-refractivity contribution in [3.05, 3.63) is 30.1 Å². The van der Waals surface area contributed by atoms with Crippen molar-refractivity contribution in [3.63, 3.8) is 0 Å². The number of sulfonamides is 1. The minimum atomic E-state index is -4.04. The molecule has 0 radical (unpaired) electrons. The molecule has 5 nitrogen and oxygen atoms in total. The molecule has 1 aromatic carbocycles. The number of nitrogens with zero attached hydrogens (tertiary/aromatic N) is 1. The highest BCUT2D eigenvalue weighted by Gasteiger charge is 2.37. The number of halogens is 1. The van der Waals surface area contributed by atoms with Crippen LogP contribution in [0.2, 0.25) is 0 Å². The smallest absolute Gasteiger partial charge is 0.246 e. The lowest BCUT2D eigenvalue weighted by atomic mass is 10.3. The number of nitrogens with two attached hydrogens (primary N) is 1. The van der Waals surface area contributed by atoms with Crippen LogP contribution in [0.25, 0.3) is 0 Å². The summed E-state index contributed by atoms with van der Waals surface area (Å²) in [5.74, 6) is -0.698. The topological polar surface area (TPSA) is 80.5 Å². The lowest BCUT2D eigenvalue weighted by Crippen LogP contribution is -2.52. The molecule has 104 valence electrons. The molecule has 0 unspecified atom stereocenters. The summed E-state index contributed by atoms with van der Waals surface area (Å²) in [6.45, 7) is 0.148. The molecule has 1 aromatic rings. The SMILES string of the molecule is NC(=O)[C@H]1CSCCN1S(=O)(=O)c1ccccc1F. The van der Waals surface area contributed by atoms with E-state index in [-0.39, 0.29) is 6.54 Å². The summed E-state index contributed by atoms with van der Waals surface area (Å²) in [4.78, 5) is 10.9. The van der Waals surface area contributed by atoms with Gasteiger partial charge in [0.05, 0.1) is 0 Å². The van der Waals surface area contributed by atoms with Crippen LogP contribution in [0.15, 0.2) is 29.2 Å². The number of rotatable bonds is 3. The Morgan fingerprint density at radius 1 is 1.42 bits per heavy atom. The second-order valence-electron chi connectivity index (χ2n) is 4.04. The molecule has 1 heterocycles. The van der Waals surface area contributed by atoms with Gasteiger partial charge < -0.3 is 5.73 Å². The zero-order valence-corrected chi connectivity index (χ0v) is 11.6. The van der Waals surface area contributed by atoms with Gasteiger partial charge in [-0.2, -0.15) is 16.1 Å². The zero-order valence-electron chi connectivity index (χ0n) is 9.95.